The zero-order valence-electron chi connectivity index (χ0n) is 12.0. The maximum Gasteiger partial charge on any atom is 0.167 e. The van der Waals surface area contributed by atoms with Gasteiger partial charge < -0.3 is 15.8 Å². The van der Waals surface area contributed by atoms with Gasteiger partial charge in [0.05, 0.1) is 21.8 Å². The summed E-state index contributed by atoms with van der Waals surface area (Å²) in [4.78, 5) is 1.19. The summed E-state index contributed by atoms with van der Waals surface area (Å²) in [6.45, 7) is 4.39. The molecule has 0 amide bonds. The average Bonchev–Trinajstić information content (AvgIpc) is 2.80. The standard InChI is InChI=1S/C15H18ClFN2OS/c1-9(2)20-14-8-13(12(18)7-11(14)17)19-6-5-10-3-4-15(16)21-10/h3-4,7-9,19H,5-6,18H2,1-2H3. The molecule has 2 aromatic rings. The summed E-state index contributed by atoms with van der Waals surface area (Å²) in [6.07, 6.45) is 0.735. The van der Waals surface area contributed by atoms with Gasteiger partial charge in [0.1, 0.15) is 0 Å². The summed E-state index contributed by atoms with van der Waals surface area (Å²) in [6, 6.07) is 6.76. The minimum absolute atomic E-state index is 0.0933. The van der Waals surface area contributed by atoms with Crippen molar-refractivity contribution in [2.75, 3.05) is 17.6 Å². The van der Waals surface area contributed by atoms with Gasteiger partial charge in [0.25, 0.3) is 0 Å². The van der Waals surface area contributed by atoms with Crippen molar-refractivity contribution in [1.82, 2.24) is 0 Å². The number of thiophene rings is 1. The molecule has 6 heteroatoms. The first-order chi connectivity index (χ1) is 9.95. The maximum absolute atomic E-state index is 13.7. The Bertz CT molecular complexity index is 616. The van der Waals surface area contributed by atoms with Crippen molar-refractivity contribution >= 4 is 34.3 Å². The highest BCUT2D eigenvalue weighted by Gasteiger charge is 2.10. The number of benzene rings is 1. The fraction of sp³-hybridized carbons (Fsp3) is 0.333. The van der Waals surface area contributed by atoms with E-state index >= 15 is 0 Å². The van der Waals surface area contributed by atoms with Crippen LogP contribution in [0.1, 0.15) is 18.7 Å². The molecule has 1 aromatic heterocycles. The first-order valence-electron chi connectivity index (χ1n) is 6.69. The lowest BCUT2D eigenvalue weighted by atomic mass is 10.2. The quantitative estimate of drug-likeness (QED) is 0.764. The predicted molar refractivity (Wildman–Crippen MR) is 88.1 cm³/mol. The van der Waals surface area contributed by atoms with Gasteiger partial charge in [0, 0.05) is 23.6 Å². The molecule has 0 unspecified atom stereocenters. The van der Waals surface area contributed by atoms with E-state index in [2.05, 4.69) is 5.32 Å². The van der Waals surface area contributed by atoms with Crippen LogP contribution in [0.2, 0.25) is 4.34 Å². The summed E-state index contributed by atoms with van der Waals surface area (Å²) in [5.74, 6) is -0.238. The van der Waals surface area contributed by atoms with Crippen LogP contribution in [-0.4, -0.2) is 12.6 Å². The number of anilines is 2. The van der Waals surface area contributed by atoms with Gasteiger partial charge in [-0.1, -0.05) is 11.6 Å². The Morgan fingerprint density at radius 1 is 1.38 bits per heavy atom. The molecule has 114 valence electrons. The van der Waals surface area contributed by atoms with Crippen molar-refractivity contribution < 1.29 is 9.13 Å². The van der Waals surface area contributed by atoms with Gasteiger partial charge >= 0.3 is 0 Å². The second kappa shape index (κ2) is 7.00. The number of nitrogen functional groups attached to an aromatic ring is 1. The Hall–Kier alpha value is -1.46. The van der Waals surface area contributed by atoms with E-state index in [0.717, 1.165) is 10.8 Å². The van der Waals surface area contributed by atoms with Crippen LogP contribution in [0.3, 0.4) is 0 Å². The van der Waals surface area contributed by atoms with Crippen molar-refractivity contribution in [3.05, 3.63) is 39.3 Å². The van der Waals surface area contributed by atoms with Crippen LogP contribution >= 0.6 is 22.9 Å². The third-order valence-electron chi connectivity index (χ3n) is 2.78. The van der Waals surface area contributed by atoms with E-state index in [0.29, 0.717) is 17.9 Å². The molecule has 0 aliphatic heterocycles. The largest absolute Gasteiger partial charge is 0.488 e. The molecule has 0 radical (unpaired) electrons. The second-order valence-corrected chi connectivity index (χ2v) is 6.72. The third-order valence-corrected chi connectivity index (χ3v) is 4.07. The molecule has 3 N–H and O–H groups in total. The highest BCUT2D eigenvalue weighted by molar-refractivity contribution is 7.16. The van der Waals surface area contributed by atoms with Gasteiger partial charge in [-0.25, -0.2) is 4.39 Å². The maximum atomic E-state index is 13.7. The van der Waals surface area contributed by atoms with Crippen LogP contribution < -0.4 is 15.8 Å². The molecule has 0 saturated heterocycles. The van der Waals surface area contributed by atoms with Gasteiger partial charge in [0.2, 0.25) is 0 Å². The lowest BCUT2D eigenvalue weighted by Crippen LogP contribution is -2.10. The smallest absolute Gasteiger partial charge is 0.167 e. The summed E-state index contributed by atoms with van der Waals surface area (Å²) in [7, 11) is 0. The molecule has 0 aliphatic carbocycles. The fourth-order valence-corrected chi connectivity index (χ4v) is 2.96. The van der Waals surface area contributed by atoms with Gasteiger partial charge in [-0.15, -0.1) is 11.3 Å². The van der Waals surface area contributed by atoms with Crippen LogP contribution in [0.15, 0.2) is 24.3 Å². The van der Waals surface area contributed by atoms with E-state index in [1.54, 1.807) is 17.4 Å². The summed E-state index contributed by atoms with van der Waals surface area (Å²) >= 11 is 7.44. The van der Waals surface area contributed by atoms with Gasteiger partial charge in [0.15, 0.2) is 11.6 Å². The molecule has 21 heavy (non-hydrogen) atoms. The van der Waals surface area contributed by atoms with Gasteiger partial charge in [-0.3, -0.25) is 0 Å². The number of ether oxygens (including phenoxy) is 1. The Labute approximate surface area is 132 Å². The molecule has 1 heterocycles. The number of nitrogens with two attached hydrogens (primary N) is 1. The highest BCUT2D eigenvalue weighted by Crippen LogP contribution is 2.29. The van der Waals surface area contributed by atoms with E-state index < -0.39 is 5.82 Å². The molecule has 0 fully saturated rings. The Morgan fingerprint density at radius 2 is 2.14 bits per heavy atom. The zero-order chi connectivity index (χ0) is 15.4. The topological polar surface area (TPSA) is 47.3 Å². The van der Waals surface area contributed by atoms with Crippen molar-refractivity contribution in [2.24, 2.45) is 0 Å². The first kappa shape index (κ1) is 15.9. The number of rotatable bonds is 6. The van der Waals surface area contributed by atoms with Crippen LogP contribution in [0.4, 0.5) is 15.8 Å². The predicted octanol–water partition coefficient (Wildman–Crippen LogP) is 4.56. The lowest BCUT2D eigenvalue weighted by molar-refractivity contribution is 0.231. The van der Waals surface area contributed by atoms with Crippen LogP contribution in [0.25, 0.3) is 0 Å². The molecular weight excluding hydrogens is 311 g/mol. The SMILES string of the molecule is CC(C)Oc1cc(NCCc2ccc(Cl)s2)c(N)cc1F. The Balaban J connectivity index is 2.01. The number of nitrogens with one attached hydrogen (secondary N) is 1. The molecule has 0 saturated carbocycles. The minimum atomic E-state index is -0.447. The third kappa shape index (κ3) is 4.51. The Kier molecular flexibility index (Phi) is 5.31. The van der Waals surface area contributed by atoms with E-state index in [1.165, 1.54) is 10.9 Å². The highest BCUT2D eigenvalue weighted by atomic mass is 35.5. The van der Waals surface area contributed by atoms with Crippen molar-refractivity contribution in [3.63, 3.8) is 0 Å². The van der Waals surface area contributed by atoms with Gasteiger partial charge in [-0.2, -0.15) is 0 Å². The van der Waals surface area contributed by atoms with Crippen molar-refractivity contribution in [2.45, 2.75) is 26.4 Å². The number of hydrogen-bond acceptors (Lipinski definition) is 4. The molecule has 0 bridgehead atoms. The molecule has 3 nitrogen and oxygen atoms in total. The fourth-order valence-electron chi connectivity index (χ4n) is 1.87. The number of hydrogen-bond donors (Lipinski definition) is 2. The van der Waals surface area contributed by atoms with Crippen molar-refractivity contribution in [1.29, 1.82) is 0 Å². The minimum Gasteiger partial charge on any atom is -0.488 e. The lowest BCUT2D eigenvalue weighted by Gasteiger charge is -2.15. The molecule has 0 aliphatic rings. The normalized spacial score (nSPS) is 10.9. The van der Waals surface area contributed by atoms with E-state index in [-0.39, 0.29) is 11.9 Å². The second-order valence-electron chi connectivity index (χ2n) is 4.92. The van der Waals surface area contributed by atoms with Crippen molar-refractivity contribution in [3.8, 4) is 5.75 Å². The monoisotopic (exact) mass is 328 g/mol. The molecule has 1 aromatic carbocycles. The van der Waals surface area contributed by atoms with Gasteiger partial charge in [-0.05, 0) is 32.4 Å². The zero-order valence-corrected chi connectivity index (χ0v) is 13.5. The van der Waals surface area contributed by atoms with Crippen LogP contribution in [0, 0.1) is 5.82 Å². The first-order valence-corrected chi connectivity index (χ1v) is 7.89. The van der Waals surface area contributed by atoms with E-state index in [1.807, 2.05) is 26.0 Å². The summed E-state index contributed by atoms with van der Waals surface area (Å²) in [5, 5.41) is 3.20. The average molecular weight is 329 g/mol. The Morgan fingerprint density at radius 3 is 2.76 bits per heavy atom. The van der Waals surface area contributed by atoms with E-state index in [9.17, 15) is 4.39 Å². The summed E-state index contributed by atoms with van der Waals surface area (Å²) in [5.41, 5.74) is 6.87. The number of halogens is 2. The molecule has 0 spiro atoms. The molecule has 2 rings (SSSR count). The summed E-state index contributed by atoms with van der Waals surface area (Å²) < 4.78 is 19.9. The van der Waals surface area contributed by atoms with Crippen LogP contribution in [-0.2, 0) is 6.42 Å². The van der Waals surface area contributed by atoms with Crippen LogP contribution in [0.5, 0.6) is 5.75 Å². The molecular formula is C15H18ClFN2OS. The molecule has 0 atom stereocenters. The van der Waals surface area contributed by atoms with E-state index in [4.69, 9.17) is 22.1 Å².